The summed E-state index contributed by atoms with van der Waals surface area (Å²) in [5.74, 6) is -0.358. The molecule has 2 aromatic heterocycles. The molecule has 0 saturated heterocycles. The predicted molar refractivity (Wildman–Crippen MR) is 110 cm³/mol. The minimum absolute atomic E-state index is 0.0142. The Morgan fingerprint density at radius 1 is 1.10 bits per heavy atom. The van der Waals surface area contributed by atoms with Gasteiger partial charge in [-0.3, -0.25) is 14.9 Å². The lowest BCUT2D eigenvalue weighted by Crippen LogP contribution is -2.15. The van der Waals surface area contributed by atoms with Gasteiger partial charge in [-0.1, -0.05) is 36.4 Å². The molecule has 29 heavy (non-hydrogen) atoms. The number of nitrogen functional groups attached to an aromatic ring is 1. The van der Waals surface area contributed by atoms with Crippen LogP contribution in [0.15, 0.2) is 48.5 Å². The van der Waals surface area contributed by atoms with Crippen molar-refractivity contribution in [2.75, 3.05) is 11.1 Å². The van der Waals surface area contributed by atoms with Gasteiger partial charge in [0.1, 0.15) is 0 Å². The van der Waals surface area contributed by atoms with E-state index in [0.29, 0.717) is 12.1 Å². The highest BCUT2D eigenvalue weighted by atomic mass is 16.3. The summed E-state index contributed by atoms with van der Waals surface area (Å²) in [5.41, 5.74) is 10.6. The van der Waals surface area contributed by atoms with Crippen LogP contribution in [-0.4, -0.2) is 31.2 Å². The second-order valence-corrected chi connectivity index (χ2v) is 6.72. The van der Waals surface area contributed by atoms with Gasteiger partial charge in [0.15, 0.2) is 0 Å². The molecule has 0 aliphatic rings. The zero-order valence-corrected chi connectivity index (χ0v) is 15.8. The van der Waals surface area contributed by atoms with Crippen molar-refractivity contribution >= 4 is 28.4 Å². The van der Waals surface area contributed by atoms with Gasteiger partial charge in [-0.05, 0) is 35.7 Å². The number of carbonyl (C=O) groups is 1. The fourth-order valence-corrected chi connectivity index (χ4v) is 3.35. The van der Waals surface area contributed by atoms with Gasteiger partial charge in [0.25, 0.3) is 5.91 Å². The van der Waals surface area contributed by atoms with Crippen LogP contribution in [0.4, 0.5) is 11.6 Å². The average Bonchev–Trinajstić information content (AvgIpc) is 3.16. The summed E-state index contributed by atoms with van der Waals surface area (Å²) in [4.78, 5) is 21.0. The molecule has 0 saturated carbocycles. The van der Waals surface area contributed by atoms with E-state index >= 15 is 0 Å². The lowest BCUT2D eigenvalue weighted by molar-refractivity contribution is 0.101. The number of carbonyl (C=O) groups excluding carboxylic acids is 1. The number of para-hydroxylation sites is 2. The molecule has 0 unspecified atom stereocenters. The monoisotopic (exact) mass is 388 g/mol. The minimum atomic E-state index is -0.420. The van der Waals surface area contributed by atoms with Crippen molar-refractivity contribution in [3.8, 4) is 0 Å². The lowest BCUT2D eigenvalue weighted by Gasteiger charge is -2.13. The number of rotatable bonds is 5. The molecule has 0 atom stereocenters. The molecule has 4 rings (SSSR count). The topological polar surface area (TPSA) is 130 Å². The van der Waals surface area contributed by atoms with E-state index in [1.54, 1.807) is 0 Å². The van der Waals surface area contributed by atoms with E-state index in [2.05, 4.69) is 25.5 Å². The number of nitrogens with zero attached hydrogens (tertiary/aromatic N) is 3. The van der Waals surface area contributed by atoms with Crippen LogP contribution in [0.1, 0.15) is 33.0 Å². The number of aromatic nitrogens is 4. The van der Waals surface area contributed by atoms with E-state index in [1.807, 2.05) is 55.5 Å². The zero-order chi connectivity index (χ0) is 20.4. The summed E-state index contributed by atoms with van der Waals surface area (Å²) in [6, 6.07) is 15.4. The standard InChI is InChI=1S/C21H20N6O2/c1-12-9-15(11-28)16-7-4-6-14(18(16)23-12)10-13-5-2-3-8-17(13)24-20(29)19-25-21(22)27-26-19/h2-9,28H,10-11H2,1H3,(H,24,29)(H3,22,25,26,27). The fourth-order valence-electron chi connectivity index (χ4n) is 3.35. The van der Waals surface area contributed by atoms with E-state index in [9.17, 15) is 9.90 Å². The fraction of sp³-hybridized carbons (Fsp3) is 0.143. The van der Waals surface area contributed by atoms with Gasteiger partial charge in [-0.15, -0.1) is 5.10 Å². The van der Waals surface area contributed by atoms with Crippen LogP contribution in [-0.2, 0) is 13.0 Å². The Labute approximate surface area is 166 Å². The predicted octanol–water partition coefficient (Wildman–Crippen LogP) is 2.58. The highest BCUT2D eigenvalue weighted by Crippen LogP contribution is 2.26. The third-order valence-corrected chi connectivity index (χ3v) is 4.67. The van der Waals surface area contributed by atoms with E-state index in [-0.39, 0.29) is 18.4 Å². The van der Waals surface area contributed by atoms with E-state index in [0.717, 1.165) is 33.3 Å². The molecule has 0 aliphatic heterocycles. The molecular formula is C21H20N6O2. The van der Waals surface area contributed by atoms with Gasteiger partial charge in [-0.25, -0.2) is 0 Å². The number of aryl methyl sites for hydroxylation is 1. The average molecular weight is 388 g/mol. The number of H-pyrrole nitrogens is 1. The van der Waals surface area contributed by atoms with Crippen molar-refractivity contribution in [1.82, 2.24) is 20.2 Å². The van der Waals surface area contributed by atoms with Crippen LogP contribution in [0.3, 0.4) is 0 Å². The Hall–Kier alpha value is -3.78. The van der Waals surface area contributed by atoms with E-state index < -0.39 is 5.91 Å². The molecule has 0 spiro atoms. The number of nitrogens with two attached hydrogens (primary N) is 1. The van der Waals surface area contributed by atoms with Gasteiger partial charge in [-0.2, -0.15) is 4.98 Å². The molecule has 2 aromatic carbocycles. The van der Waals surface area contributed by atoms with Crippen molar-refractivity contribution < 1.29 is 9.90 Å². The van der Waals surface area contributed by atoms with Crippen LogP contribution < -0.4 is 11.1 Å². The molecule has 0 bridgehead atoms. The van der Waals surface area contributed by atoms with Crippen LogP contribution in [0.5, 0.6) is 0 Å². The highest BCUT2D eigenvalue weighted by molar-refractivity contribution is 6.02. The molecule has 1 amide bonds. The van der Waals surface area contributed by atoms with Gasteiger partial charge in [0, 0.05) is 23.2 Å². The number of pyridine rings is 1. The quantitative estimate of drug-likeness (QED) is 0.416. The minimum Gasteiger partial charge on any atom is -0.392 e. The van der Waals surface area contributed by atoms with Gasteiger partial charge < -0.3 is 16.2 Å². The molecule has 146 valence electrons. The number of anilines is 2. The zero-order valence-electron chi connectivity index (χ0n) is 15.8. The molecule has 0 aliphatic carbocycles. The lowest BCUT2D eigenvalue weighted by atomic mass is 9.98. The van der Waals surface area contributed by atoms with Gasteiger partial charge in [0.05, 0.1) is 12.1 Å². The molecule has 2 heterocycles. The number of fused-ring (bicyclic) bond motifs is 1. The number of nitrogens with one attached hydrogen (secondary N) is 2. The first-order valence-electron chi connectivity index (χ1n) is 9.11. The van der Waals surface area contributed by atoms with Crippen LogP contribution >= 0.6 is 0 Å². The van der Waals surface area contributed by atoms with Crippen molar-refractivity contribution in [3.63, 3.8) is 0 Å². The first-order valence-corrected chi connectivity index (χ1v) is 9.11. The summed E-state index contributed by atoms with van der Waals surface area (Å²) in [6.07, 6.45) is 0.563. The number of aliphatic hydroxyl groups is 1. The maximum atomic E-state index is 12.4. The van der Waals surface area contributed by atoms with Gasteiger partial charge >= 0.3 is 0 Å². The second kappa shape index (κ2) is 7.69. The summed E-state index contributed by atoms with van der Waals surface area (Å²) >= 11 is 0. The molecule has 8 heteroatoms. The number of benzene rings is 2. The van der Waals surface area contributed by atoms with Crippen molar-refractivity contribution in [2.24, 2.45) is 0 Å². The number of aromatic amines is 1. The SMILES string of the molecule is Cc1cc(CO)c2cccc(Cc3ccccc3NC(=O)c3nc(N)n[nH]3)c2n1. The Balaban J connectivity index is 1.69. The largest absolute Gasteiger partial charge is 0.392 e. The number of amides is 1. The normalized spacial score (nSPS) is 11.0. The third kappa shape index (κ3) is 3.78. The van der Waals surface area contributed by atoms with Crippen LogP contribution in [0.25, 0.3) is 10.9 Å². The van der Waals surface area contributed by atoms with Crippen molar-refractivity contribution in [2.45, 2.75) is 20.0 Å². The Bertz CT molecular complexity index is 1200. The molecule has 5 N–H and O–H groups in total. The maximum absolute atomic E-state index is 12.4. The summed E-state index contributed by atoms with van der Waals surface area (Å²) in [7, 11) is 0. The van der Waals surface area contributed by atoms with Crippen LogP contribution in [0.2, 0.25) is 0 Å². The van der Waals surface area contributed by atoms with E-state index in [1.165, 1.54) is 0 Å². The molecule has 4 aromatic rings. The summed E-state index contributed by atoms with van der Waals surface area (Å²) in [5, 5.41) is 19.7. The molecular weight excluding hydrogens is 368 g/mol. The maximum Gasteiger partial charge on any atom is 0.293 e. The Morgan fingerprint density at radius 3 is 2.66 bits per heavy atom. The second-order valence-electron chi connectivity index (χ2n) is 6.72. The molecule has 0 radical (unpaired) electrons. The third-order valence-electron chi connectivity index (χ3n) is 4.67. The number of hydrogen-bond acceptors (Lipinski definition) is 6. The Morgan fingerprint density at radius 2 is 1.90 bits per heavy atom. The first kappa shape index (κ1) is 18.6. The van der Waals surface area contributed by atoms with E-state index in [4.69, 9.17) is 5.73 Å². The smallest absolute Gasteiger partial charge is 0.293 e. The summed E-state index contributed by atoms with van der Waals surface area (Å²) < 4.78 is 0. The summed E-state index contributed by atoms with van der Waals surface area (Å²) in [6.45, 7) is 1.86. The van der Waals surface area contributed by atoms with Crippen molar-refractivity contribution in [3.05, 3.63) is 76.7 Å². The van der Waals surface area contributed by atoms with Crippen molar-refractivity contribution in [1.29, 1.82) is 0 Å². The molecule has 8 nitrogen and oxygen atoms in total. The number of hydrogen-bond donors (Lipinski definition) is 4. The highest BCUT2D eigenvalue weighted by Gasteiger charge is 2.14. The van der Waals surface area contributed by atoms with Gasteiger partial charge in [0.2, 0.25) is 11.8 Å². The Kier molecular flexibility index (Phi) is 4.92. The van der Waals surface area contributed by atoms with Crippen LogP contribution in [0, 0.1) is 6.92 Å². The number of aliphatic hydroxyl groups excluding tert-OH is 1. The first-order chi connectivity index (χ1) is 14.0. The molecule has 0 fully saturated rings.